The third-order valence-electron chi connectivity index (χ3n) is 5.17. The van der Waals surface area contributed by atoms with Gasteiger partial charge >= 0.3 is 0 Å². The molecular weight excluding hydrogens is 354 g/mol. The molecule has 146 valence electrons. The second kappa shape index (κ2) is 8.91. The summed E-state index contributed by atoms with van der Waals surface area (Å²) in [4.78, 5) is 0. The van der Waals surface area contributed by atoms with E-state index in [-0.39, 0.29) is 0 Å². The van der Waals surface area contributed by atoms with Crippen LogP contribution >= 0.6 is 0 Å². The molecule has 0 radical (unpaired) electrons. The molecule has 3 heteroatoms. The normalized spacial score (nSPS) is 16.0. The van der Waals surface area contributed by atoms with Crippen LogP contribution in [0.4, 0.5) is 5.69 Å². The summed E-state index contributed by atoms with van der Waals surface area (Å²) < 4.78 is 0. The molecule has 0 saturated heterocycles. The predicted octanol–water partition coefficient (Wildman–Crippen LogP) is 6.04. The second-order valence-corrected chi connectivity index (χ2v) is 7.59. The van der Waals surface area contributed by atoms with E-state index in [1.54, 1.807) is 5.12 Å². The first kappa shape index (κ1) is 19.2. The number of hydrogen-bond donors (Lipinski definition) is 2. The van der Waals surface area contributed by atoms with Crippen molar-refractivity contribution >= 4 is 11.3 Å². The van der Waals surface area contributed by atoms with Crippen LogP contribution in [0, 0.1) is 5.92 Å². The fraction of sp³-hybridized carbons (Fsp3) is 0.154. The van der Waals surface area contributed by atoms with Crippen LogP contribution in [0.2, 0.25) is 0 Å². The minimum absolute atomic E-state index is 0.537. The molecule has 0 fully saturated rings. The highest BCUT2D eigenvalue weighted by Gasteiger charge is 2.13. The summed E-state index contributed by atoms with van der Waals surface area (Å²) in [6.07, 6.45) is 7.88. The molecule has 0 spiro atoms. The maximum Gasteiger partial charge on any atom is 0.0588 e. The number of allylic oxidation sites excluding steroid dienone is 4. The fourth-order valence-corrected chi connectivity index (χ4v) is 3.69. The number of nitrogens with one attached hydrogen (secondary N) is 1. The molecule has 1 atom stereocenters. The Hall–Kier alpha value is -3.14. The van der Waals surface area contributed by atoms with Crippen molar-refractivity contribution in [1.29, 1.82) is 0 Å². The van der Waals surface area contributed by atoms with Crippen LogP contribution in [-0.2, 0) is 6.54 Å². The van der Waals surface area contributed by atoms with Crippen LogP contribution in [0.25, 0.3) is 16.7 Å². The summed E-state index contributed by atoms with van der Waals surface area (Å²) in [6.45, 7) is 2.86. The first-order valence-electron chi connectivity index (χ1n) is 10.1. The van der Waals surface area contributed by atoms with Crippen LogP contribution in [0.1, 0.15) is 24.5 Å². The molecule has 0 aromatic heterocycles. The van der Waals surface area contributed by atoms with Crippen molar-refractivity contribution < 1.29 is 0 Å². The van der Waals surface area contributed by atoms with E-state index >= 15 is 0 Å². The van der Waals surface area contributed by atoms with E-state index in [0.29, 0.717) is 12.5 Å². The molecule has 29 heavy (non-hydrogen) atoms. The van der Waals surface area contributed by atoms with E-state index < -0.39 is 0 Å². The minimum atomic E-state index is 0.537. The van der Waals surface area contributed by atoms with Crippen LogP contribution in [0.15, 0.2) is 97.1 Å². The van der Waals surface area contributed by atoms with Gasteiger partial charge in [-0.1, -0.05) is 97.9 Å². The third-order valence-corrected chi connectivity index (χ3v) is 5.17. The maximum atomic E-state index is 6.34. The van der Waals surface area contributed by atoms with E-state index in [1.807, 2.05) is 24.3 Å². The Labute approximate surface area is 173 Å². The van der Waals surface area contributed by atoms with Crippen molar-refractivity contribution in [2.24, 2.45) is 11.8 Å². The fourth-order valence-electron chi connectivity index (χ4n) is 3.69. The van der Waals surface area contributed by atoms with Crippen molar-refractivity contribution in [2.75, 3.05) is 5.43 Å². The van der Waals surface area contributed by atoms with Crippen molar-refractivity contribution in [3.63, 3.8) is 0 Å². The van der Waals surface area contributed by atoms with E-state index in [4.69, 9.17) is 5.84 Å². The van der Waals surface area contributed by atoms with Gasteiger partial charge in [0, 0.05) is 5.56 Å². The summed E-state index contributed by atoms with van der Waals surface area (Å²) in [7, 11) is 0. The van der Waals surface area contributed by atoms with Gasteiger partial charge in [0.15, 0.2) is 0 Å². The number of nitrogens with two attached hydrogens (primary N) is 1. The van der Waals surface area contributed by atoms with Gasteiger partial charge in [0.2, 0.25) is 0 Å². The van der Waals surface area contributed by atoms with Crippen LogP contribution in [-0.4, -0.2) is 5.12 Å². The molecule has 0 saturated carbocycles. The molecule has 4 rings (SSSR count). The molecule has 0 heterocycles. The molecule has 3 N–H and O–H groups in total. The summed E-state index contributed by atoms with van der Waals surface area (Å²) >= 11 is 0. The summed E-state index contributed by atoms with van der Waals surface area (Å²) in [5.74, 6) is 6.87. The van der Waals surface area contributed by atoms with Crippen LogP contribution in [0.5, 0.6) is 0 Å². The Kier molecular flexibility index (Phi) is 5.89. The number of nitrogens with zero attached hydrogens (tertiary/aromatic N) is 1. The number of hydrogen-bond acceptors (Lipinski definition) is 3. The Bertz CT molecular complexity index is 1010. The second-order valence-electron chi connectivity index (χ2n) is 7.59. The summed E-state index contributed by atoms with van der Waals surface area (Å²) in [5.41, 5.74) is 10.3. The average Bonchev–Trinajstić information content (AvgIpc) is 2.75. The molecule has 0 aliphatic heterocycles. The zero-order valence-corrected chi connectivity index (χ0v) is 16.8. The van der Waals surface area contributed by atoms with Crippen molar-refractivity contribution in [3.8, 4) is 11.1 Å². The molecule has 0 unspecified atom stereocenters. The standard InChI is InChI=1S/C26H27N3/c1-20-9-8-14-24(17-20)25-16-15-23(22-12-6-3-7-13-22)18-26(25)28-29(27)19-21-10-4-2-5-11-21/h2-8,10-18,20,28H,9,19,27H2,1H3/t20-/m0/s1. The SMILES string of the molecule is C[C@@H]1C=C(c2ccc(-c3ccccc3)cc2NN(N)Cc2ccccc2)C=CC1. The van der Waals surface area contributed by atoms with Crippen LogP contribution in [0.3, 0.4) is 0 Å². The van der Waals surface area contributed by atoms with Gasteiger partial charge in [0.25, 0.3) is 0 Å². The molecule has 3 aromatic carbocycles. The number of rotatable bonds is 6. The van der Waals surface area contributed by atoms with Crippen LogP contribution < -0.4 is 11.3 Å². The van der Waals surface area contributed by atoms with Gasteiger partial charge in [-0.2, -0.15) is 5.12 Å². The first-order chi connectivity index (χ1) is 14.2. The van der Waals surface area contributed by atoms with Gasteiger partial charge in [-0.05, 0) is 40.7 Å². The van der Waals surface area contributed by atoms with E-state index in [0.717, 1.165) is 23.2 Å². The van der Waals surface area contributed by atoms with Crippen molar-refractivity contribution in [2.45, 2.75) is 19.9 Å². The van der Waals surface area contributed by atoms with E-state index in [2.05, 4.69) is 85.2 Å². The molecular formula is C26H27N3. The lowest BCUT2D eigenvalue weighted by molar-refractivity contribution is 0.336. The smallest absolute Gasteiger partial charge is 0.0588 e. The Morgan fingerprint density at radius 3 is 2.38 bits per heavy atom. The van der Waals surface area contributed by atoms with Gasteiger partial charge in [-0.15, -0.1) is 0 Å². The number of benzene rings is 3. The molecule has 1 aliphatic rings. The summed E-state index contributed by atoms with van der Waals surface area (Å²) in [6, 6.07) is 27.2. The predicted molar refractivity (Wildman–Crippen MR) is 123 cm³/mol. The largest absolute Gasteiger partial charge is 0.305 e. The highest BCUT2D eigenvalue weighted by Crippen LogP contribution is 2.33. The van der Waals surface area contributed by atoms with Gasteiger partial charge in [-0.3, -0.25) is 5.84 Å². The summed E-state index contributed by atoms with van der Waals surface area (Å²) in [5, 5.41) is 1.65. The maximum absolute atomic E-state index is 6.34. The monoisotopic (exact) mass is 381 g/mol. The molecule has 3 aromatic rings. The average molecular weight is 382 g/mol. The number of anilines is 1. The lowest BCUT2D eigenvalue weighted by Gasteiger charge is -2.23. The first-order valence-corrected chi connectivity index (χ1v) is 10.1. The Morgan fingerprint density at radius 2 is 1.66 bits per heavy atom. The number of hydrazine groups is 2. The van der Waals surface area contributed by atoms with Crippen molar-refractivity contribution in [3.05, 3.63) is 108 Å². The van der Waals surface area contributed by atoms with Crippen molar-refractivity contribution in [1.82, 2.24) is 5.12 Å². The topological polar surface area (TPSA) is 41.3 Å². The molecule has 1 aliphatic carbocycles. The van der Waals surface area contributed by atoms with E-state index in [1.165, 1.54) is 16.7 Å². The molecule has 0 bridgehead atoms. The lowest BCUT2D eigenvalue weighted by Crippen LogP contribution is -2.36. The Balaban J connectivity index is 1.67. The lowest BCUT2D eigenvalue weighted by atomic mass is 9.91. The zero-order chi connectivity index (χ0) is 20.1. The highest BCUT2D eigenvalue weighted by atomic mass is 15.7. The van der Waals surface area contributed by atoms with Gasteiger partial charge in [-0.25, -0.2) is 0 Å². The highest BCUT2D eigenvalue weighted by molar-refractivity contribution is 5.85. The third kappa shape index (κ3) is 4.83. The zero-order valence-electron chi connectivity index (χ0n) is 16.8. The van der Waals surface area contributed by atoms with E-state index in [9.17, 15) is 0 Å². The molecule has 0 amide bonds. The van der Waals surface area contributed by atoms with Gasteiger partial charge in [0.05, 0.1) is 12.2 Å². The Morgan fingerprint density at radius 1 is 0.931 bits per heavy atom. The quantitative estimate of drug-likeness (QED) is 0.404. The van der Waals surface area contributed by atoms with Gasteiger partial charge in [0.1, 0.15) is 0 Å². The van der Waals surface area contributed by atoms with Gasteiger partial charge < -0.3 is 5.43 Å². The molecule has 3 nitrogen and oxygen atoms in total. The minimum Gasteiger partial charge on any atom is -0.305 e.